The van der Waals surface area contributed by atoms with Crippen molar-refractivity contribution in [2.45, 2.75) is 18.9 Å². The molecule has 2 amide bonds. The first-order valence-electron chi connectivity index (χ1n) is 6.83. The monoisotopic (exact) mass is 257 g/mol. The lowest BCUT2D eigenvalue weighted by atomic mass is 9.61. The lowest BCUT2D eigenvalue weighted by Crippen LogP contribution is -2.56. The molecule has 3 aliphatic rings. The molecule has 0 aromatic heterocycles. The molecule has 0 N–H and O–H groups in total. The third kappa shape index (κ3) is 1.38. The zero-order valence-electron chi connectivity index (χ0n) is 10.5. The number of nitrogens with zero attached hydrogens (tertiary/aromatic N) is 1. The van der Waals surface area contributed by atoms with Gasteiger partial charge < -0.3 is 4.74 Å². The van der Waals surface area contributed by atoms with E-state index in [0.717, 1.165) is 19.4 Å². The molecule has 1 aliphatic carbocycles. The molecule has 19 heavy (non-hydrogen) atoms. The van der Waals surface area contributed by atoms with Crippen LogP contribution in [-0.2, 0) is 14.3 Å². The Morgan fingerprint density at radius 1 is 1.05 bits per heavy atom. The summed E-state index contributed by atoms with van der Waals surface area (Å²) in [6.07, 6.45) is 1.98. The Balaban J connectivity index is 1.69. The van der Waals surface area contributed by atoms with Crippen molar-refractivity contribution in [2.75, 3.05) is 11.5 Å². The zero-order chi connectivity index (χ0) is 13.0. The van der Waals surface area contributed by atoms with Crippen molar-refractivity contribution >= 4 is 17.5 Å². The number of fused-ring (bicyclic) bond motifs is 4. The summed E-state index contributed by atoms with van der Waals surface area (Å²) in [5, 5.41) is 0. The second-order valence-corrected chi connectivity index (χ2v) is 5.54. The van der Waals surface area contributed by atoms with Gasteiger partial charge in [-0.15, -0.1) is 0 Å². The third-order valence-corrected chi connectivity index (χ3v) is 4.64. The highest BCUT2D eigenvalue weighted by Crippen LogP contribution is 2.53. The maximum atomic E-state index is 12.5. The summed E-state index contributed by atoms with van der Waals surface area (Å²) in [6.45, 7) is 0.719. The van der Waals surface area contributed by atoms with Gasteiger partial charge >= 0.3 is 0 Å². The number of hydrogen-bond acceptors (Lipinski definition) is 3. The number of imide groups is 1. The molecule has 0 spiro atoms. The van der Waals surface area contributed by atoms with Crippen LogP contribution in [0.1, 0.15) is 12.8 Å². The molecule has 2 saturated heterocycles. The molecule has 0 unspecified atom stereocenters. The summed E-state index contributed by atoms with van der Waals surface area (Å²) in [7, 11) is 0. The Labute approximate surface area is 111 Å². The van der Waals surface area contributed by atoms with Crippen LogP contribution in [-0.4, -0.2) is 24.5 Å². The van der Waals surface area contributed by atoms with E-state index in [0.29, 0.717) is 5.69 Å². The average molecular weight is 257 g/mol. The summed E-state index contributed by atoms with van der Waals surface area (Å²) in [5.74, 6) is -0.239. The predicted octanol–water partition coefficient (Wildman–Crippen LogP) is 1.60. The van der Waals surface area contributed by atoms with Gasteiger partial charge in [-0.2, -0.15) is 0 Å². The van der Waals surface area contributed by atoms with Crippen LogP contribution in [0, 0.1) is 17.8 Å². The van der Waals surface area contributed by atoms with Gasteiger partial charge in [0.2, 0.25) is 11.8 Å². The molecule has 2 heterocycles. The normalized spacial score (nSPS) is 36.7. The highest BCUT2D eigenvalue weighted by Gasteiger charge is 2.65. The van der Waals surface area contributed by atoms with E-state index in [-0.39, 0.29) is 35.7 Å². The van der Waals surface area contributed by atoms with Crippen LogP contribution in [0.5, 0.6) is 0 Å². The fourth-order valence-electron chi connectivity index (χ4n) is 3.77. The Kier molecular flexibility index (Phi) is 2.30. The van der Waals surface area contributed by atoms with Crippen LogP contribution in [0.15, 0.2) is 30.3 Å². The number of benzene rings is 1. The minimum atomic E-state index is -0.238. The lowest BCUT2D eigenvalue weighted by Gasteiger charge is -2.47. The molecule has 0 bridgehead atoms. The van der Waals surface area contributed by atoms with Crippen molar-refractivity contribution in [3.63, 3.8) is 0 Å². The standard InChI is InChI=1S/C15H15NO3/c17-14-11-10-7-4-8-19-13(10)12(11)15(18)16(14)9-5-2-1-3-6-9/h1-3,5-6,10-13H,4,7-8H2/t10-,11-,12-,13-/m0/s1. The quantitative estimate of drug-likeness (QED) is 0.718. The minimum Gasteiger partial charge on any atom is -0.377 e. The molecular weight excluding hydrogens is 242 g/mol. The number of ether oxygens (including phenoxy) is 1. The Morgan fingerprint density at radius 2 is 1.79 bits per heavy atom. The molecule has 1 aromatic rings. The van der Waals surface area contributed by atoms with Gasteiger partial charge in [0.15, 0.2) is 0 Å². The molecule has 1 aromatic carbocycles. The smallest absolute Gasteiger partial charge is 0.240 e. The van der Waals surface area contributed by atoms with Gasteiger partial charge in [-0.3, -0.25) is 9.59 Å². The van der Waals surface area contributed by atoms with Crippen molar-refractivity contribution in [3.8, 4) is 0 Å². The summed E-state index contributed by atoms with van der Waals surface area (Å²) in [4.78, 5) is 26.3. The Morgan fingerprint density at radius 3 is 2.58 bits per heavy atom. The molecule has 4 atom stereocenters. The maximum Gasteiger partial charge on any atom is 0.240 e. The lowest BCUT2D eigenvalue weighted by molar-refractivity contribution is -0.173. The summed E-state index contributed by atoms with van der Waals surface area (Å²) in [6, 6.07) is 9.20. The van der Waals surface area contributed by atoms with Crippen LogP contribution < -0.4 is 4.90 Å². The van der Waals surface area contributed by atoms with Crippen molar-refractivity contribution in [3.05, 3.63) is 30.3 Å². The molecule has 0 radical (unpaired) electrons. The maximum absolute atomic E-state index is 12.5. The van der Waals surface area contributed by atoms with E-state index in [4.69, 9.17) is 4.74 Å². The second kappa shape index (κ2) is 3.90. The van der Waals surface area contributed by atoms with Crippen LogP contribution >= 0.6 is 0 Å². The minimum absolute atomic E-state index is 0.0242. The van der Waals surface area contributed by atoms with Gasteiger partial charge in [0.1, 0.15) is 0 Å². The highest BCUT2D eigenvalue weighted by molar-refractivity contribution is 6.23. The molecule has 4 rings (SSSR count). The topological polar surface area (TPSA) is 46.6 Å². The number of anilines is 1. The fraction of sp³-hybridized carbons (Fsp3) is 0.467. The SMILES string of the molecule is O=C1[C@@H]2[C@H]3OCCC[C@H]3[C@@H]2C(=O)N1c1ccccc1. The summed E-state index contributed by atoms with van der Waals surface area (Å²) >= 11 is 0. The largest absolute Gasteiger partial charge is 0.377 e. The van der Waals surface area contributed by atoms with Crippen molar-refractivity contribution in [1.29, 1.82) is 0 Å². The van der Waals surface area contributed by atoms with E-state index in [9.17, 15) is 9.59 Å². The summed E-state index contributed by atoms with van der Waals surface area (Å²) < 4.78 is 5.69. The van der Waals surface area contributed by atoms with E-state index in [2.05, 4.69) is 0 Å². The van der Waals surface area contributed by atoms with E-state index in [1.54, 1.807) is 0 Å². The predicted molar refractivity (Wildman–Crippen MR) is 68.4 cm³/mol. The molecule has 1 saturated carbocycles. The van der Waals surface area contributed by atoms with Gasteiger partial charge in [0.05, 0.1) is 23.6 Å². The van der Waals surface area contributed by atoms with Crippen molar-refractivity contribution in [2.24, 2.45) is 17.8 Å². The van der Waals surface area contributed by atoms with Gasteiger partial charge in [-0.05, 0) is 30.9 Å². The zero-order valence-corrected chi connectivity index (χ0v) is 10.5. The van der Waals surface area contributed by atoms with Gasteiger partial charge in [0.25, 0.3) is 0 Å². The van der Waals surface area contributed by atoms with Crippen molar-refractivity contribution < 1.29 is 14.3 Å². The number of amides is 2. The molecule has 3 fully saturated rings. The van der Waals surface area contributed by atoms with Gasteiger partial charge in [-0.1, -0.05) is 18.2 Å². The molecular formula is C15H15NO3. The third-order valence-electron chi connectivity index (χ3n) is 4.64. The fourth-order valence-corrected chi connectivity index (χ4v) is 3.77. The Bertz CT molecular complexity index is 512. The van der Waals surface area contributed by atoms with E-state index in [1.165, 1.54) is 4.90 Å². The van der Waals surface area contributed by atoms with Crippen LogP contribution in [0.3, 0.4) is 0 Å². The molecule has 98 valence electrons. The first-order chi connectivity index (χ1) is 9.29. The van der Waals surface area contributed by atoms with Gasteiger partial charge in [0, 0.05) is 6.61 Å². The number of carbonyl (C=O) groups is 2. The number of rotatable bonds is 1. The number of para-hydroxylation sites is 1. The molecule has 4 nitrogen and oxygen atoms in total. The number of hydrogen-bond donors (Lipinski definition) is 0. The van der Waals surface area contributed by atoms with Crippen LogP contribution in [0.2, 0.25) is 0 Å². The first kappa shape index (κ1) is 11.2. The highest BCUT2D eigenvalue weighted by atomic mass is 16.5. The second-order valence-electron chi connectivity index (χ2n) is 5.54. The van der Waals surface area contributed by atoms with E-state index < -0.39 is 0 Å². The Hall–Kier alpha value is -1.68. The van der Waals surface area contributed by atoms with E-state index >= 15 is 0 Å². The first-order valence-corrected chi connectivity index (χ1v) is 6.83. The number of carbonyl (C=O) groups excluding carboxylic acids is 2. The van der Waals surface area contributed by atoms with Crippen LogP contribution in [0.4, 0.5) is 5.69 Å². The molecule has 4 heteroatoms. The molecule has 2 aliphatic heterocycles. The average Bonchev–Trinajstić information content (AvgIpc) is 2.63. The van der Waals surface area contributed by atoms with E-state index in [1.807, 2.05) is 30.3 Å². The van der Waals surface area contributed by atoms with Crippen molar-refractivity contribution in [1.82, 2.24) is 0 Å². The van der Waals surface area contributed by atoms with Crippen LogP contribution in [0.25, 0.3) is 0 Å². The summed E-state index contributed by atoms with van der Waals surface area (Å²) in [5.41, 5.74) is 0.684. The van der Waals surface area contributed by atoms with Gasteiger partial charge in [-0.25, -0.2) is 4.90 Å².